The molecular weight excluding hydrogens is 238 g/mol. The lowest BCUT2D eigenvalue weighted by Gasteiger charge is -2.37. The number of rotatable bonds is 3. The van der Waals surface area contributed by atoms with E-state index in [-0.39, 0.29) is 6.10 Å². The number of nitrogens with zero attached hydrogens (tertiary/aromatic N) is 2. The van der Waals surface area contributed by atoms with Gasteiger partial charge in [0.2, 0.25) is 0 Å². The third-order valence-corrected chi connectivity index (χ3v) is 3.53. The number of hydrogen-bond donors (Lipinski definition) is 1. The van der Waals surface area contributed by atoms with Crippen LogP contribution in [0.5, 0.6) is 0 Å². The first kappa shape index (κ1) is 13.2. The van der Waals surface area contributed by atoms with Crippen LogP contribution in [-0.4, -0.2) is 80.0 Å². The minimum absolute atomic E-state index is 0.0972. The normalized spacial score (nSPS) is 32.5. The molecular formula is C11H21N3O2S. The highest BCUT2D eigenvalue weighted by atomic mass is 32.1. The predicted octanol–water partition coefficient (Wildman–Crippen LogP) is -0.696. The van der Waals surface area contributed by atoms with Crippen LogP contribution in [0, 0.1) is 0 Å². The molecule has 0 spiro atoms. The average molecular weight is 259 g/mol. The van der Waals surface area contributed by atoms with Gasteiger partial charge in [-0.05, 0) is 7.05 Å². The zero-order valence-electron chi connectivity index (χ0n) is 10.3. The molecule has 0 saturated carbocycles. The van der Waals surface area contributed by atoms with Crippen LogP contribution >= 0.6 is 12.2 Å². The van der Waals surface area contributed by atoms with Crippen LogP contribution in [0.25, 0.3) is 0 Å². The Morgan fingerprint density at radius 3 is 2.76 bits per heavy atom. The van der Waals surface area contributed by atoms with Crippen LogP contribution in [0.4, 0.5) is 0 Å². The summed E-state index contributed by atoms with van der Waals surface area (Å²) in [6.45, 7) is 6.20. The molecule has 0 aliphatic carbocycles. The number of thiocarbonyl (C=S) groups is 1. The molecule has 2 N–H and O–H groups in total. The van der Waals surface area contributed by atoms with Crippen LogP contribution in [0.3, 0.4) is 0 Å². The van der Waals surface area contributed by atoms with Crippen molar-refractivity contribution in [3.63, 3.8) is 0 Å². The maximum Gasteiger partial charge on any atom is 0.120 e. The molecule has 17 heavy (non-hydrogen) atoms. The van der Waals surface area contributed by atoms with E-state index < -0.39 is 0 Å². The van der Waals surface area contributed by atoms with Crippen molar-refractivity contribution in [2.24, 2.45) is 5.73 Å². The lowest BCUT2D eigenvalue weighted by atomic mass is 10.2. The first-order chi connectivity index (χ1) is 8.15. The van der Waals surface area contributed by atoms with E-state index in [2.05, 4.69) is 16.8 Å². The standard InChI is InChI=1S/C11H21N3O2S/c1-13-2-4-15-9(6-13)7-14-3-5-16-10(8-14)11(12)17/h9-10H,2-8H2,1H3,(H2,12,17). The Morgan fingerprint density at radius 1 is 1.29 bits per heavy atom. The minimum Gasteiger partial charge on any atom is -0.391 e. The molecule has 98 valence electrons. The Morgan fingerprint density at radius 2 is 2.06 bits per heavy atom. The van der Waals surface area contributed by atoms with Crippen molar-refractivity contribution in [1.82, 2.24) is 9.80 Å². The quantitative estimate of drug-likeness (QED) is 0.677. The van der Waals surface area contributed by atoms with E-state index in [1.807, 2.05) is 0 Å². The molecule has 0 aromatic heterocycles. The number of ether oxygens (including phenoxy) is 2. The van der Waals surface area contributed by atoms with E-state index in [4.69, 9.17) is 27.4 Å². The van der Waals surface area contributed by atoms with Gasteiger partial charge in [0.25, 0.3) is 0 Å². The molecule has 0 radical (unpaired) electrons. The summed E-state index contributed by atoms with van der Waals surface area (Å²) in [4.78, 5) is 5.09. The van der Waals surface area contributed by atoms with E-state index in [1.165, 1.54) is 0 Å². The largest absolute Gasteiger partial charge is 0.391 e. The summed E-state index contributed by atoms with van der Waals surface area (Å²) in [6.07, 6.45) is 0.193. The van der Waals surface area contributed by atoms with E-state index in [0.29, 0.717) is 17.7 Å². The average Bonchev–Trinajstić information content (AvgIpc) is 2.29. The van der Waals surface area contributed by atoms with Gasteiger partial charge >= 0.3 is 0 Å². The van der Waals surface area contributed by atoms with E-state index in [1.54, 1.807) is 0 Å². The summed E-state index contributed by atoms with van der Waals surface area (Å²) in [7, 11) is 2.13. The molecule has 6 heteroatoms. The molecule has 0 aromatic carbocycles. The van der Waals surface area contributed by atoms with Gasteiger partial charge < -0.3 is 20.1 Å². The number of morpholine rings is 2. The minimum atomic E-state index is -0.0972. The fraction of sp³-hybridized carbons (Fsp3) is 0.909. The predicted molar refractivity (Wildman–Crippen MR) is 70.2 cm³/mol. The number of nitrogens with two attached hydrogens (primary N) is 1. The fourth-order valence-corrected chi connectivity index (χ4v) is 2.45. The molecule has 2 fully saturated rings. The van der Waals surface area contributed by atoms with Gasteiger partial charge in [0.1, 0.15) is 11.1 Å². The second-order valence-corrected chi connectivity index (χ2v) is 5.25. The number of hydrogen-bond acceptors (Lipinski definition) is 5. The molecule has 0 bridgehead atoms. The Kier molecular flexibility index (Phi) is 4.69. The molecule has 2 rings (SSSR count). The first-order valence-electron chi connectivity index (χ1n) is 6.08. The molecule has 2 heterocycles. The summed E-state index contributed by atoms with van der Waals surface area (Å²) in [5, 5.41) is 0. The molecule has 5 nitrogen and oxygen atoms in total. The molecule has 0 aromatic rings. The van der Waals surface area contributed by atoms with Gasteiger partial charge in [-0.2, -0.15) is 0 Å². The van der Waals surface area contributed by atoms with Crippen molar-refractivity contribution < 1.29 is 9.47 Å². The third-order valence-electron chi connectivity index (χ3n) is 3.27. The molecule has 2 saturated heterocycles. The Hall–Kier alpha value is -0.270. The summed E-state index contributed by atoms with van der Waals surface area (Å²) in [5.41, 5.74) is 5.62. The zero-order valence-corrected chi connectivity index (χ0v) is 11.1. The Bertz CT molecular complexity index is 277. The van der Waals surface area contributed by atoms with Crippen LogP contribution in [0.15, 0.2) is 0 Å². The van der Waals surface area contributed by atoms with Gasteiger partial charge in [-0.15, -0.1) is 0 Å². The van der Waals surface area contributed by atoms with Gasteiger partial charge in [0, 0.05) is 32.7 Å². The molecule has 0 amide bonds. The monoisotopic (exact) mass is 259 g/mol. The second-order valence-electron chi connectivity index (χ2n) is 4.78. The van der Waals surface area contributed by atoms with E-state index >= 15 is 0 Å². The Balaban J connectivity index is 1.79. The smallest absolute Gasteiger partial charge is 0.120 e. The van der Waals surface area contributed by atoms with Crippen molar-refractivity contribution in [2.75, 3.05) is 53.0 Å². The van der Waals surface area contributed by atoms with Gasteiger partial charge in [-0.25, -0.2) is 0 Å². The summed E-state index contributed by atoms with van der Waals surface area (Å²) >= 11 is 4.98. The van der Waals surface area contributed by atoms with Gasteiger partial charge in [-0.1, -0.05) is 12.2 Å². The van der Waals surface area contributed by atoms with Crippen LogP contribution in [0.1, 0.15) is 0 Å². The zero-order chi connectivity index (χ0) is 12.3. The summed E-state index contributed by atoms with van der Waals surface area (Å²) < 4.78 is 11.3. The topological polar surface area (TPSA) is 51.0 Å². The van der Waals surface area contributed by atoms with Crippen molar-refractivity contribution in [2.45, 2.75) is 12.2 Å². The third kappa shape index (κ3) is 3.86. The molecule has 2 unspecified atom stereocenters. The molecule has 2 aliphatic rings. The maximum absolute atomic E-state index is 5.76. The van der Waals surface area contributed by atoms with Gasteiger partial charge in [-0.3, -0.25) is 4.90 Å². The van der Waals surface area contributed by atoms with E-state index in [9.17, 15) is 0 Å². The highest BCUT2D eigenvalue weighted by Gasteiger charge is 2.26. The molecule has 2 atom stereocenters. The van der Waals surface area contributed by atoms with Gasteiger partial charge in [0.15, 0.2) is 0 Å². The lowest BCUT2D eigenvalue weighted by molar-refractivity contribution is -0.0582. The summed E-state index contributed by atoms with van der Waals surface area (Å²) in [5.74, 6) is 0. The Labute approximate surface area is 108 Å². The number of likely N-dealkylation sites (N-methyl/N-ethyl adjacent to an activating group) is 1. The van der Waals surface area contributed by atoms with Crippen LogP contribution < -0.4 is 5.73 Å². The summed E-state index contributed by atoms with van der Waals surface area (Å²) in [6, 6.07) is 0. The molecule has 2 aliphatic heterocycles. The van der Waals surface area contributed by atoms with Crippen LogP contribution in [0.2, 0.25) is 0 Å². The van der Waals surface area contributed by atoms with Crippen molar-refractivity contribution in [3.05, 3.63) is 0 Å². The SMILES string of the molecule is CN1CCOC(CN2CCOC(C(N)=S)C2)C1. The van der Waals surface area contributed by atoms with Crippen molar-refractivity contribution in [3.8, 4) is 0 Å². The van der Waals surface area contributed by atoms with Crippen molar-refractivity contribution in [1.29, 1.82) is 0 Å². The highest BCUT2D eigenvalue weighted by molar-refractivity contribution is 7.80. The van der Waals surface area contributed by atoms with Gasteiger partial charge in [0.05, 0.1) is 19.3 Å². The lowest BCUT2D eigenvalue weighted by Crippen LogP contribution is -2.52. The van der Waals surface area contributed by atoms with E-state index in [0.717, 1.165) is 39.3 Å². The van der Waals surface area contributed by atoms with Crippen molar-refractivity contribution >= 4 is 17.2 Å². The fourth-order valence-electron chi connectivity index (χ4n) is 2.31. The van der Waals surface area contributed by atoms with Crippen LogP contribution in [-0.2, 0) is 9.47 Å². The maximum atomic E-state index is 5.76. The first-order valence-corrected chi connectivity index (χ1v) is 6.49. The second kappa shape index (κ2) is 6.06. The highest BCUT2D eigenvalue weighted by Crippen LogP contribution is 2.10.